The summed E-state index contributed by atoms with van der Waals surface area (Å²) in [6, 6.07) is 22.4. The second-order valence-electron chi connectivity index (χ2n) is 8.11. The molecule has 0 unspecified atom stereocenters. The average molecular weight is 499 g/mol. The van der Waals surface area contributed by atoms with Crippen molar-refractivity contribution >= 4 is 51.7 Å². The zero-order valence-corrected chi connectivity index (χ0v) is 20.2. The van der Waals surface area contributed by atoms with Crippen molar-refractivity contribution in [3.63, 3.8) is 0 Å². The number of amides is 1. The molecular weight excluding hydrogens is 476 g/mol. The molecule has 2 aromatic heterocycles. The van der Waals surface area contributed by atoms with Crippen molar-refractivity contribution < 1.29 is 9.53 Å². The van der Waals surface area contributed by atoms with E-state index in [0.29, 0.717) is 40.2 Å². The van der Waals surface area contributed by atoms with Gasteiger partial charge in [-0.25, -0.2) is 9.97 Å². The van der Waals surface area contributed by atoms with E-state index in [1.165, 1.54) is 4.68 Å². The predicted molar refractivity (Wildman–Crippen MR) is 143 cm³/mol. The van der Waals surface area contributed by atoms with Crippen LogP contribution < -0.4 is 15.8 Å². The lowest BCUT2D eigenvalue weighted by Crippen LogP contribution is -2.26. The molecule has 5 rings (SSSR count). The van der Waals surface area contributed by atoms with Crippen LogP contribution in [0.2, 0.25) is 5.02 Å². The molecule has 180 valence electrons. The van der Waals surface area contributed by atoms with Crippen LogP contribution in [0.5, 0.6) is 5.75 Å². The molecule has 3 N–H and O–H groups in total. The van der Waals surface area contributed by atoms with Crippen LogP contribution in [0.25, 0.3) is 22.2 Å². The summed E-state index contributed by atoms with van der Waals surface area (Å²) >= 11 is 5.98. The zero-order valence-electron chi connectivity index (χ0n) is 19.5. The summed E-state index contributed by atoms with van der Waals surface area (Å²) in [6.07, 6.45) is 2.28. The maximum absolute atomic E-state index is 13.3. The second kappa shape index (κ2) is 10.1. The molecule has 36 heavy (non-hydrogen) atoms. The minimum Gasteiger partial charge on any atom is -0.497 e. The molecule has 0 radical (unpaired) electrons. The molecule has 5 aromatic rings. The largest absolute Gasteiger partial charge is 0.497 e. The fourth-order valence-electron chi connectivity index (χ4n) is 3.86. The van der Waals surface area contributed by atoms with E-state index in [-0.39, 0.29) is 17.3 Å². The number of nitrogens with one attached hydrogen (secondary N) is 1. The molecule has 2 heterocycles. The van der Waals surface area contributed by atoms with E-state index in [0.717, 1.165) is 16.9 Å². The lowest BCUT2D eigenvalue weighted by atomic mass is 10.1. The quantitative estimate of drug-likeness (QED) is 0.317. The monoisotopic (exact) mass is 498 g/mol. The van der Waals surface area contributed by atoms with Gasteiger partial charge in [0.05, 0.1) is 24.4 Å². The summed E-state index contributed by atoms with van der Waals surface area (Å²) in [4.78, 5) is 22.7. The minimum atomic E-state index is -0.337. The van der Waals surface area contributed by atoms with E-state index in [4.69, 9.17) is 32.0 Å². The number of rotatable bonds is 7. The first-order chi connectivity index (χ1) is 17.5. The number of hydrogen-bond donors (Lipinski definition) is 2. The Bertz CT molecular complexity index is 1580. The van der Waals surface area contributed by atoms with Gasteiger partial charge in [0.1, 0.15) is 22.6 Å². The highest BCUT2D eigenvalue weighted by atomic mass is 35.5. The summed E-state index contributed by atoms with van der Waals surface area (Å²) in [5.74, 6) is 0.608. The molecule has 0 bridgehead atoms. The Morgan fingerprint density at radius 1 is 1.06 bits per heavy atom. The van der Waals surface area contributed by atoms with Gasteiger partial charge in [-0.05, 0) is 53.9 Å². The number of aromatic nitrogens is 3. The Hall–Kier alpha value is -4.43. The second-order valence-corrected chi connectivity index (χ2v) is 8.54. The number of halogens is 1. The summed E-state index contributed by atoms with van der Waals surface area (Å²) in [5, 5.41) is 8.10. The predicted octanol–water partition coefficient (Wildman–Crippen LogP) is 4.68. The van der Waals surface area contributed by atoms with Gasteiger partial charge < -0.3 is 15.8 Å². The van der Waals surface area contributed by atoms with Crippen LogP contribution in [0.4, 0.5) is 5.82 Å². The summed E-state index contributed by atoms with van der Waals surface area (Å²) in [5.41, 5.74) is 10.7. The van der Waals surface area contributed by atoms with Crippen molar-refractivity contribution in [1.29, 1.82) is 0 Å². The van der Waals surface area contributed by atoms with E-state index < -0.39 is 0 Å². The molecule has 8 nitrogen and oxygen atoms in total. The standard InChI is InChI=1S/C27H23ClN6O2/c1-36-20-12-8-17(9-13-20)14-15-30-27(35)23-24-26(33-22-5-3-2-4-21(22)32-24)34(25(23)29)31-16-18-6-10-19(28)11-7-18/h2-13,16H,14-15,29H2,1H3,(H,30,35)/b31-16+. The molecule has 9 heteroatoms. The Balaban J connectivity index is 1.48. The van der Waals surface area contributed by atoms with Crippen molar-refractivity contribution in [2.24, 2.45) is 5.10 Å². The Labute approximate surface area is 212 Å². The summed E-state index contributed by atoms with van der Waals surface area (Å²) < 4.78 is 6.64. The van der Waals surface area contributed by atoms with Gasteiger partial charge in [-0.3, -0.25) is 4.79 Å². The van der Waals surface area contributed by atoms with Crippen molar-refractivity contribution in [1.82, 2.24) is 20.0 Å². The van der Waals surface area contributed by atoms with Crippen LogP contribution in [0, 0.1) is 0 Å². The van der Waals surface area contributed by atoms with Gasteiger partial charge in [0.15, 0.2) is 5.65 Å². The molecule has 0 saturated heterocycles. The first-order valence-corrected chi connectivity index (χ1v) is 11.7. The van der Waals surface area contributed by atoms with Crippen LogP contribution >= 0.6 is 11.6 Å². The van der Waals surface area contributed by atoms with Crippen molar-refractivity contribution in [2.75, 3.05) is 19.4 Å². The molecule has 3 aromatic carbocycles. The van der Waals surface area contributed by atoms with Crippen LogP contribution in [0.15, 0.2) is 77.9 Å². The smallest absolute Gasteiger partial charge is 0.257 e. The third-order valence-electron chi connectivity index (χ3n) is 5.75. The van der Waals surface area contributed by atoms with E-state index in [9.17, 15) is 4.79 Å². The van der Waals surface area contributed by atoms with Crippen LogP contribution in [-0.2, 0) is 6.42 Å². The van der Waals surface area contributed by atoms with Gasteiger partial charge in [0, 0.05) is 11.6 Å². The number of fused-ring (bicyclic) bond motifs is 2. The van der Waals surface area contributed by atoms with Gasteiger partial charge in [0.2, 0.25) is 0 Å². The first-order valence-electron chi connectivity index (χ1n) is 11.3. The maximum atomic E-state index is 13.3. The van der Waals surface area contributed by atoms with E-state index in [1.807, 2.05) is 60.7 Å². The number of hydrogen-bond acceptors (Lipinski definition) is 6. The van der Waals surface area contributed by atoms with E-state index in [2.05, 4.69) is 10.4 Å². The molecule has 0 fully saturated rings. The lowest BCUT2D eigenvalue weighted by Gasteiger charge is -2.06. The maximum Gasteiger partial charge on any atom is 0.257 e. The Kier molecular flexibility index (Phi) is 6.51. The lowest BCUT2D eigenvalue weighted by molar-refractivity contribution is 0.0956. The Morgan fingerprint density at radius 2 is 1.75 bits per heavy atom. The fraction of sp³-hybridized carbons (Fsp3) is 0.111. The minimum absolute atomic E-state index is 0.160. The first kappa shape index (κ1) is 23.3. The summed E-state index contributed by atoms with van der Waals surface area (Å²) in [7, 11) is 1.63. The van der Waals surface area contributed by atoms with E-state index >= 15 is 0 Å². The van der Waals surface area contributed by atoms with Crippen LogP contribution in [0.1, 0.15) is 21.5 Å². The molecule has 0 spiro atoms. The number of ether oxygens (including phenoxy) is 1. The highest BCUT2D eigenvalue weighted by Crippen LogP contribution is 2.28. The highest BCUT2D eigenvalue weighted by Gasteiger charge is 2.24. The SMILES string of the molecule is COc1ccc(CCNC(=O)c2c(N)n(/N=C/c3ccc(Cl)cc3)c3nc4ccccc4nc23)cc1. The summed E-state index contributed by atoms with van der Waals surface area (Å²) in [6.45, 7) is 0.423. The third-order valence-corrected chi connectivity index (χ3v) is 6.00. The van der Waals surface area contributed by atoms with Gasteiger partial charge >= 0.3 is 0 Å². The molecule has 0 aliphatic rings. The number of anilines is 1. The molecule has 0 saturated carbocycles. The number of methoxy groups -OCH3 is 1. The van der Waals surface area contributed by atoms with Crippen molar-refractivity contribution in [2.45, 2.75) is 6.42 Å². The van der Waals surface area contributed by atoms with Gasteiger partial charge in [0.25, 0.3) is 5.91 Å². The van der Waals surface area contributed by atoms with E-state index in [1.54, 1.807) is 25.5 Å². The molecule has 0 aliphatic carbocycles. The van der Waals surface area contributed by atoms with Gasteiger partial charge in [-0.2, -0.15) is 9.78 Å². The number of benzene rings is 3. The van der Waals surface area contributed by atoms with Gasteiger partial charge in [-0.1, -0.05) is 48.0 Å². The Morgan fingerprint density at radius 3 is 2.44 bits per heavy atom. The number of carbonyl (C=O) groups is 1. The highest BCUT2D eigenvalue weighted by molar-refractivity contribution is 6.30. The normalized spacial score (nSPS) is 11.4. The molecular formula is C27H23ClN6O2. The van der Waals surface area contributed by atoms with Gasteiger partial charge in [-0.15, -0.1) is 0 Å². The molecule has 0 atom stereocenters. The number of para-hydroxylation sites is 2. The van der Waals surface area contributed by atoms with Crippen LogP contribution in [0.3, 0.4) is 0 Å². The fourth-order valence-corrected chi connectivity index (χ4v) is 3.99. The van der Waals surface area contributed by atoms with Crippen LogP contribution in [-0.4, -0.2) is 40.4 Å². The number of carbonyl (C=O) groups excluding carboxylic acids is 1. The number of nitrogens with zero attached hydrogens (tertiary/aromatic N) is 4. The van der Waals surface area contributed by atoms with Crippen molar-refractivity contribution in [3.8, 4) is 5.75 Å². The average Bonchev–Trinajstić information content (AvgIpc) is 3.17. The number of nitrogens with two attached hydrogens (primary N) is 1. The third kappa shape index (κ3) is 4.71. The number of nitrogen functional groups attached to an aromatic ring is 1. The van der Waals surface area contributed by atoms with Crippen molar-refractivity contribution in [3.05, 3.63) is 94.5 Å². The molecule has 0 aliphatic heterocycles. The zero-order chi connectivity index (χ0) is 25.1. The molecule has 1 amide bonds. The topological polar surface area (TPSA) is 107 Å².